The SMILES string of the molecule is CCC1(CO)CCN(S(=O)(=O)/C=C/c2ccc(Cl)cc2)CC1. The monoisotopic (exact) mass is 343 g/mol. The molecule has 1 aromatic carbocycles. The van der Waals surface area contributed by atoms with Crippen LogP contribution in [0.15, 0.2) is 29.7 Å². The van der Waals surface area contributed by atoms with E-state index in [4.69, 9.17) is 11.6 Å². The van der Waals surface area contributed by atoms with Crippen LogP contribution in [0.4, 0.5) is 0 Å². The fraction of sp³-hybridized carbons (Fsp3) is 0.500. The van der Waals surface area contributed by atoms with Gasteiger partial charge < -0.3 is 5.11 Å². The van der Waals surface area contributed by atoms with E-state index in [-0.39, 0.29) is 12.0 Å². The molecule has 0 spiro atoms. The van der Waals surface area contributed by atoms with E-state index in [1.807, 2.05) is 6.92 Å². The molecule has 1 aliphatic heterocycles. The van der Waals surface area contributed by atoms with Crippen molar-refractivity contribution >= 4 is 27.7 Å². The molecule has 1 N–H and O–H groups in total. The molecule has 0 saturated carbocycles. The summed E-state index contributed by atoms with van der Waals surface area (Å²) in [6.07, 6.45) is 3.86. The highest BCUT2D eigenvalue weighted by Gasteiger charge is 2.35. The van der Waals surface area contributed by atoms with Gasteiger partial charge in [-0.1, -0.05) is 30.7 Å². The van der Waals surface area contributed by atoms with Crippen LogP contribution in [0.3, 0.4) is 0 Å². The Morgan fingerprint density at radius 2 is 1.86 bits per heavy atom. The molecule has 6 heteroatoms. The zero-order valence-electron chi connectivity index (χ0n) is 12.7. The van der Waals surface area contributed by atoms with Crippen LogP contribution in [0, 0.1) is 5.41 Å². The second-order valence-electron chi connectivity index (χ2n) is 5.81. The van der Waals surface area contributed by atoms with E-state index in [9.17, 15) is 13.5 Å². The summed E-state index contributed by atoms with van der Waals surface area (Å²) >= 11 is 5.81. The van der Waals surface area contributed by atoms with Gasteiger partial charge >= 0.3 is 0 Å². The van der Waals surface area contributed by atoms with Gasteiger partial charge in [-0.3, -0.25) is 0 Å². The maximum atomic E-state index is 12.4. The van der Waals surface area contributed by atoms with Crippen molar-refractivity contribution in [3.63, 3.8) is 0 Å². The Morgan fingerprint density at radius 3 is 2.36 bits per heavy atom. The molecule has 122 valence electrons. The van der Waals surface area contributed by atoms with E-state index in [2.05, 4.69) is 0 Å². The van der Waals surface area contributed by atoms with Crippen LogP contribution >= 0.6 is 11.6 Å². The second-order valence-corrected chi connectivity index (χ2v) is 8.06. The van der Waals surface area contributed by atoms with Gasteiger partial charge in [0.15, 0.2) is 0 Å². The van der Waals surface area contributed by atoms with E-state index in [1.54, 1.807) is 30.3 Å². The van der Waals surface area contributed by atoms with Gasteiger partial charge in [-0.15, -0.1) is 0 Å². The first kappa shape index (κ1) is 17.5. The molecule has 1 heterocycles. The standard InChI is InChI=1S/C16H22ClNO3S/c1-2-16(13-19)8-10-18(11-9-16)22(20,21)12-7-14-3-5-15(17)6-4-14/h3-7,12,19H,2,8-11,13H2,1H3/b12-7+. The molecule has 22 heavy (non-hydrogen) atoms. The summed E-state index contributed by atoms with van der Waals surface area (Å²) in [6, 6.07) is 7.01. The molecule has 4 nitrogen and oxygen atoms in total. The molecule has 0 amide bonds. The molecule has 0 unspecified atom stereocenters. The van der Waals surface area contributed by atoms with Gasteiger partial charge in [0.2, 0.25) is 10.0 Å². The van der Waals surface area contributed by atoms with Crippen LogP contribution in [-0.4, -0.2) is 37.5 Å². The molecular formula is C16H22ClNO3S. The van der Waals surface area contributed by atoms with Crippen LogP contribution in [0.25, 0.3) is 6.08 Å². The molecule has 1 aliphatic rings. The zero-order chi connectivity index (χ0) is 16.2. The van der Waals surface area contributed by atoms with Gasteiger partial charge in [-0.05, 0) is 48.4 Å². The lowest BCUT2D eigenvalue weighted by Crippen LogP contribution is -2.43. The highest BCUT2D eigenvalue weighted by molar-refractivity contribution is 7.92. The summed E-state index contributed by atoms with van der Waals surface area (Å²) in [7, 11) is -3.42. The summed E-state index contributed by atoms with van der Waals surface area (Å²) in [4.78, 5) is 0. The number of hydrogen-bond acceptors (Lipinski definition) is 3. The Labute approximate surface area is 137 Å². The minimum atomic E-state index is -3.42. The number of aliphatic hydroxyl groups is 1. The number of aliphatic hydroxyl groups excluding tert-OH is 1. The van der Waals surface area contributed by atoms with Crippen molar-refractivity contribution in [1.82, 2.24) is 4.31 Å². The topological polar surface area (TPSA) is 57.6 Å². The average molecular weight is 344 g/mol. The molecule has 0 bridgehead atoms. The van der Waals surface area contributed by atoms with Crippen LogP contribution < -0.4 is 0 Å². The summed E-state index contributed by atoms with van der Waals surface area (Å²) < 4.78 is 26.2. The molecule has 2 rings (SSSR count). The highest BCUT2D eigenvalue weighted by atomic mass is 35.5. The number of piperidine rings is 1. The van der Waals surface area contributed by atoms with Gasteiger partial charge in [-0.25, -0.2) is 8.42 Å². The lowest BCUT2D eigenvalue weighted by Gasteiger charge is -2.39. The fourth-order valence-electron chi connectivity index (χ4n) is 2.66. The Morgan fingerprint density at radius 1 is 1.27 bits per heavy atom. The van der Waals surface area contributed by atoms with Crippen molar-refractivity contribution in [2.24, 2.45) is 5.41 Å². The van der Waals surface area contributed by atoms with Gasteiger partial charge in [0.1, 0.15) is 0 Å². The Hall–Kier alpha value is -0.880. The smallest absolute Gasteiger partial charge is 0.236 e. The molecule has 1 fully saturated rings. The molecule has 0 radical (unpaired) electrons. The van der Waals surface area contributed by atoms with Crippen molar-refractivity contribution in [2.45, 2.75) is 26.2 Å². The van der Waals surface area contributed by atoms with Gasteiger partial charge in [-0.2, -0.15) is 4.31 Å². The number of rotatable bonds is 5. The van der Waals surface area contributed by atoms with E-state index in [0.29, 0.717) is 31.0 Å². The van der Waals surface area contributed by atoms with Gasteiger partial charge in [0, 0.05) is 30.1 Å². The highest BCUT2D eigenvalue weighted by Crippen LogP contribution is 2.35. The first-order valence-electron chi connectivity index (χ1n) is 7.45. The minimum absolute atomic E-state index is 0.119. The number of hydrogen-bond donors (Lipinski definition) is 1. The van der Waals surface area contributed by atoms with Crippen LogP contribution in [0.5, 0.6) is 0 Å². The quantitative estimate of drug-likeness (QED) is 0.893. The summed E-state index contributed by atoms with van der Waals surface area (Å²) in [6.45, 7) is 3.09. The van der Waals surface area contributed by atoms with Crippen molar-refractivity contribution in [3.8, 4) is 0 Å². The van der Waals surface area contributed by atoms with Crippen molar-refractivity contribution < 1.29 is 13.5 Å². The van der Waals surface area contributed by atoms with Crippen molar-refractivity contribution in [2.75, 3.05) is 19.7 Å². The largest absolute Gasteiger partial charge is 0.396 e. The average Bonchev–Trinajstić information content (AvgIpc) is 2.54. The van der Waals surface area contributed by atoms with E-state index < -0.39 is 10.0 Å². The maximum absolute atomic E-state index is 12.4. The van der Waals surface area contributed by atoms with Gasteiger partial charge in [0.25, 0.3) is 0 Å². The summed E-state index contributed by atoms with van der Waals surface area (Å²) in [5.74, 6) is 0. The van der Waals surface area contributed by atoms with Crippen molar-refractivity contribution in [1.29, 1.82) is 0 Å². The van der Waals surface area contributed by atoms with E-state index >= 15 is 0 Å². The first-order valence-corrected chi connectivity index (χ1v) is 9.34. The maximum Gasteiger partial charge on any atom is 0.236 e. The number of halogens is 1. The number of sulfonamides is 1. The van der Waals surface area contributed by atoms with E-state index in [1.165, 1.54) is 9.71 Å². The predicted molar refractivity (Wildman–Crippen MR) is 90.0 cm³/mol. The molecular weight excluding hydrogens is 322 g/mol. The first-order chi connectivity index (χ1) is 10.4. The van der Waals surface area contributed by atoms with Crippen LogP contribution in [-0.2, 0) is 10.0 Å². The third kappa shape index (κ3) is 4.10. The molecule has 0 aromatic heterocycles. The van der Waals surface area contributed by atoms with E-state index in [0.717, 1.165) is 12.0 Å². The predicted octanol–water partition coefficient (Wildman–Crippen LogP) is 3.13. The van der Waals surface area contributed by atoms with Crippen LogP contribution in [0.2, 0.25) is 5.02 Å². The Balaban J connectivity index is 2.04. The fourth-order valence-corrected chi connectivity index (χ4v) is 3.98. The molecule has 0 atom stereocenters. The number of benzene rings is 1. The summed E-state index contributed by atoms with van der Waals surface area (Å²) in [5.41, 5.74) is 0.676. The molecule has 1 aromatic rings. The third-order valence-corrected chi connectivity index (χ3v) is 6.35. The lowest BCUT2D eigenvalue weighted by atomic mass is 9.77. The third-order valence-electron chi connectivity index (χ3n) is 4.53. The van der Waals surface area contributed by atoms with Gasteiger partial charge in [0.05, 0.1) is 0 Å². The Bertz CT molecular complexity index is 611. The normalized spacial score (nSPS) is 19.6. The second kappa shape index (κ2) is 7.13. The summed E-state index contributed by atoms with van der Waals surface area (Å²) in [5, 5.41) is 11.4. The number of nitrogens with zero attached hydrogens (tertiary/aromatic N) is 1. The molecule has 1 saturated heterocycles. The minimum Gasteiger partial charge on any atom is -0.396 e. The van der Waals surface area contributed by atoms with Crippen LogP contribution in [0.1, 0.15) is 31.7 Å². The zero-order valence-corrected chi connectivity index (χ0v) is 14.3. The Kier molecular flexibility index (Phi) is 5.66. The molecule has 0 aliphatic carbocycles. The lowest BCUT2D eigenvalue weighted by molar-refractivity contribution is 0.0651. The van der Waals surface area contributed by atoms with Crippen molar-refractivity contribution in [3.05, 3.63) is 40.3 Å².